The molecule has 0 aromatic rings. The van der Waals surface area contributed by atoms with Gasteiger partial charge in [-0.2, -0.15) is 0 Å². The highest BCUT2D eigenvalue weighted by Gasteiger charge is 2.27. The van der Waals surface area contributed by atoms with Gasteiger partial charge in [-0.05, 0) is 12.8 Å². The molecule has 0 aromatic carbocycles. The molecule has 1 unspecified atom stereocenters. The van der Waals surface area contributed by atoms with Crippen molar-refractivity contribution in [2.24, 2.45) is 0 Å². The average Bonchev–Trinajstić information content (AvgIpc) is 2.71. The number of nitrogens with zero attached hydrogens (tertiary/aromatic N) is 1. The number of carbonyl (C=O) groups excluding carboxylic acids is 1. The van der Waals surface area contributed by atoms with E-state index in [1.165, 1.54) is 95.3 Å². The van der Waals surface area contributed by atoms with Crippen molar-refractivity contribution in [1.29, 1.82) is 0 Å². The first-order chi connectivity index (χ1) is 14.9. The number of carbonyl (C=O) groups is 3. The summed E-state index contributed by atoms with van der Waals surface area (Å²) in [4.78, 5) is 35.3. The largest absolute Gasteiger partial charge is 0.481 e. The molecule has 0 aromatic heterocycles. The Morgan fingerprint density at radius 1 is 0.677 bits per heavy atom. The number of amides is 1. The molecule has 182 valence electrons. The maximum Gasteiger partial charge on any atom is 0.326 e. The molecule has 31 heavy (non-hydrogen) atoms. The normalized spacial score (nSPS) is 11.9. The second-order valence-corrected chi connectivity index (χ2v) is 8.80. The fraction of sp³-hybridized carbons (Fsp3) is 0.880. The first kappa shape index (κ1) is 29.4. The van der Waals surface area contributed by atoms with Crippen molar-refractivity contribution in [3.8, 4) is 0 Å². The van der Waals surface area contributed by atoms with Crippen LogP contribution in [0.3, 0.4) is 0 Å². The van der Waals surface area contributed by atoms with Gasteiger partial charge in [0.15, 0.2) is 0 Å². The third kappa shape index (κ3) is 17.8. The number of hydrogen-bond donors (Lipinski definition) is 2. The summed E-state index contributed by atoms with van der Waals surface area (Å²) in [6.45, 7) is 3.99. The fourth-order valence-electron chi connectivity index (χ4n) is 4.04. The van der Waals surface area contributed by atoms with Crippen molar-refractivity contribution in [2.75, 3.05) is 6.54 Å². The van der Waals surface area contributed by atoms with E-state index in [2.05, 4.69) is 6.92 Å². The van der Waals surface area contributed by atoms with Crippen LogP contribution in [0.4, 0.5) is 0 Å². The van der Waals surface area contributed by atoms with Crippen LogP contribution in [-0.2, 0) is 14.4 Å². The molecule has 0 aliphatic carbocycles. The van der Waals surface area contributed by atoms with Gasteiger partial charge in [0.1, 0.15) is 6.04 Å². The molecule has 0 fully saturated rings. The minimum Gasteiger partial charge on any atom is -0.481 e. The lowest BCUT2D eigenvalue weighted by Gasteiger charge is -2.27. The lowest BCUT2D eigenvalue weighted by molar-refractivity contribution is -0.150. The van der Waals surface area contributed by atoms with Crippen molar-refractivity contribution in [2.45, 2.75) is 135 Å². The second-order valence-electron chi connectivity index (χ2n) is 8.80. The zero-order valence-corrected chi connectivity index (χ0v) is 20.1. The molecule has 1 amide bonds. The molecular weight excluding hydrogens is 394 g/mol. The Bertz CT molecular complexity index is 481. The summed E-state index contributed by atoms with van der Waals surface area (Å²) in [5, 5.41) is 18.1. The number of carboxylic acid groups (broad SMARTS) is 2. The Morgan fingerprint density at radius 2 is 1.06 bits per heavy atom. The third-order valence-electron chi connectivity index (χ3n) is 5.95. The molecule has 0 aliphatic heterocycles. The third-order valence-corrected chi connectivity index (χ3v) is 5.95. The zero-order valence-electron chi connectivity index (χ0n) is 20.1. The molecule has 6 heteroatoms. The van der Waals surface area contributed by atoms with Gasteiger partial charge < -0.3 is 15.1 Å². The maximum absolute atomic E-state index is 11.8. The molecule has 0 bridgehead atoms. The van der Waals surface area contributed by atoms with E-state index in [4.69, 9.17) is 5.11 Å². The van der Waals surface area contributed by atoms with Crippen molar-refractivity contribution >= 4 is 17.8 Å². The average molecular weight is 442 g/mol. The monoisotopic (exact) mass is 441 g/mol. The van der Waals surface area contributed by atoms with Gasteiger partial charge in [-0.25, -0.2) is 4.79 Å². The summed E-state index contributed by atoms with van der Waals surface area (Å²) in [5.41, 5.74) is 0. The molecule has 0 saturated carbocycles. The van der Waals surface area contributed by atoms with Gasteiger partial charge >= 0.3 is 11.9 Å². The molecule has 6 nitrogen and oxygen atoms in total. The van der Waals surface area contributed by atoms with E-state index in [0.717, 1.165) is 19.3 Å². The molecule has 0 saturated heterocycles. The van der Waals surface area contributed by atoms with Crippen LogP contribution < -0.4 is 0 Å². The maximum atomic E-state index is 11.8. The number of unbranched alkanes of at least 4 members (excludes halogenated alkanes) is 15. The Morgan fingerprint density at radius 3 is 1.39 bits per heavy atom. The lowest BCUT2D eigenvalue weighted by Crippen LogP contribution is -2.44. The van der Waals surface area contributed by atoms with E-state index in [9.17, 15) is 19.5 Å². The lowest BCUT2D eigenvalue weighted by atomic mass is 10.0. The van der Waals surface area contributed by atoms with E-state index in [1.807, 2.05) is 0 Å². The van der Waals surface area contributed by atoms with Crippen LogP contribution >= 0.6 is 0 Å². The number of rotatable bonds is 22. The summed E-state index contributed by atoms with van der Waals surface area (Å²) in [6.07, 6.45) is 19.9. The highest BCUT2D eigenvalue weighted by atomic mass is 16.4. The van der Waals surface area contributed by atoms with Crippen molar-refractivity contribution in [3.05, 3.63) is 0 Å². The first-order valence-electron chi connectivity index (χ1n) is 12.6. The minimum absolute atomic E-state index is 0.0525. The summed E-state index contributed by atoms with van der Waals surface area (Å²) in [6, 6.07) is -1.05. The number of carboxylic acids is 2. The molecule has 0 rings (SSSR count). The van der Waals surface area contributed by atoms with Crippen LogP contribution in [-0.4, -0.2) is 45.5 Å². The summed E-state index contributed by atoms with van der Waals surface area (Å²) in [5.74, 6) is -2.48. The van der Waals surface area contributed by atoms with Gasteiger partial charge in [0, 0.05) is 19.9 Å². The molecule has 1 atom stereocenters. The molecule has 0 aliphatic rings. The van der Waals surface area contributed by atoms with Crippen LogP contribution in [0.15, 0.2) is 0 Å². The van der Waals surface area contributed by atoms with Crippen LogP contribution in [0.1, 0.15) is 129 Å². The molecule has 0 spiro atoms. The van der Waals surface area contributed by atoms with Crippen molar-refractivity contribution in [1.82, 2.24) is 4.90 Å². The van der Waals surface area contributed by atoms with E-state index in [1.54, 1.807) is 0 Å². The van der Waals surface area contributed by atoms with Crippen LogP contribution in [0.2, 0.25) is 0 Å². The van der Waals surface area contributed by atoms with Crippen LogP contribution in [0.25, 0.3) is 0 Å². The Hall–Kier alpha value is -1.59. The van der Waals surface area contributed by atoms with E-state index >= 15 is 0 Å². The van der Waals surface area contributed by atoms with Crippen LogP contribution in [0.5, 0.6) is 0 Å². The number of aliphatic carboxylic acids is 2. The smallest absolute Gasteiger partial charge is 0.326 e. The first-order valence-corrected chi connectivity index (χ1v) is 12.6. The molecule has 0 heterocycles. The van der Waals surface area contributed by atoms with Crippen molar-refractivity contribution in [3.63, 3.8) is 0 Å². The highest BCUT2D eigenvalue weighted by molar-refractivity contribution is 5.82. The standard InChI is InChI=1S/C25H47NO5/c1-3-4-5-6-7-8-9-10-11-12-13-14-15-16-17-18-21-26(22(2)27)23(25(30)31)19-20-24(28)29/h23H,3-21H2,1-2H3,(H,28,29)(H,30,31). The van der Waals surface area contributed by atoms with Gasteiger partial charge in [0.2, 0.25) is 5.91 Å². The minimum atomic E-state index is -1.13. The van der Waals surface area contributed by atoms with Gasteiger partial charge in [0.25, 0.3) is 0 Å². The number of hydrogen-bond acceptors (Lipinski definition) is 3. The summed E-state index contributed by atoms with van der Waals surface area (Å²) >= 11 is 0. The fourth-order valence-corrected chi connectivity index (χ4v) is 4.04. The topological polar surface area (TPSA) is 94.9 Å². The van der Waals surface area contributed by atoms with Crippen molar-refractivity contribution < 1.29 is 24.6 Å². The Labute approximate surface area is 189 Å². The summed E-state index contributed by atoms with van der Waals surface area (Å²) < 4.78 is 0. The van der Waals surface area contributed by atoms with Gasteiger partial charge in [-0.3, -0.25) is 9.59 Å². The Kier molecular flexibility index (Phi) is 19.3. The van der Waals surface area contributed by atoms with Crippen LogP contribution in [0, 0.1) is 0 Å². The predicted octanol–water partition coefficient (Wildman–Crippen LogP) is 6.41. The second kappa shape index (κ2) is 20.3. The zero-order chi connectivity index (χ0) is 23.3. The molecule has 0 radical (unpaired) electrons. The quantitative estimate of drug-likeness (QED) is 0.189. The van der Waals surface area contributed by atoms with Gasteiger partial charge in [0.05, 0.1) is 0 Å². The SMILES string of the molecule is CCCCCCCCCCCCCCCCCCN(C(C)=O)C(CCC(=O)O)C(=O)O. The summed E-state index contributed by atoms with van der Waals surface area (Å²) in [7, 11) is 0. The van der Waals surface area contributed by atoms with Gasteiger partial charge in [-0.15, -0.1) is 0 Å². The molecular formula is C25H47NO5. The van der Waals surface area contributed by atoms with E-state index < -0.39 is 18.0 Å². The Balaban J connectivity index is 3.71. The van der Waals surface area contributed by atoms with Gasteiger partial charge in [-0.1, -0.05) is 103 Å². The highest BCUT2D eigenvalue weighted by Crippen LogP contribution is 2.15. The van der Waals surface area contributed by atoms with E-state index in [-0.39, 0.29) is 18.7 Å². The predicted molar refractivity (Wildman–Crippen MR) is 125 cm³/mol. The molecule has 2 N–H and O–H groups in total. The van der Waals surface area contributed by atoms with E-state index in [0.29, 0.717) is 6.54 Å².